The Kier molecular flexibility index (Phi) is 3.87. The highest BCUT2D eigenvalue weighted by molar-refractivity contribution is 9.10. The average molecular weight is 326 g/mol. The van der Waals surface area contributed by atoms with Crippen molar-refractivity contribution in [2.45, 2.75) is 19.4 Å². The molecule has 0 bridgehead atoms. The number of benzene rings is 1. The predicted molar refractivity (Wildman–Crippen MR) is 81.2 cm³/mol. The molecule has 2 rings (SSSR count). The SMILES string of the molecule is CN1CCN(C(=O)c2cc(N)ccc2Br)CC1(C)C. The highest BCUT2D eigenvalue weighted by Crippen LogP contribution is 2.25. The van der Waals surface area contributed by atoms with Crippen LogP contribution in [0.3, 0.4) is 0 Å². The Morgan fingerprint density at radius 2 is 2.05 bits per heavy atom. The van der Waals surface area contributed by atoms with Gasteiger partial charge in [0.1, 0.15) is 0 Å². The Balaban J connectivity index is 2.23. The molecule has 1 aromatic carbocycles. The van der Waals surface area contributed by atoms with E-state index in [-0.39, 0.29) is 11.4 Å². The molecule has 0 saturated carbocycles. The van der Waals surface area contributed by atoms with Gasteiger partial charge in [0, 0.05) is 35.3 Å². The Morgan fingerprint density at radius 3 is 2.68 bits per heavy atom. The fourth-order valence-corrected chi connectivity index (χ4v) is 2.71. The minimum Gasteiger partial charge on any atom is -0.399 e. The first-order chi connectivity index (χ1) is 8.81. The molecule has 1 heterocycles. The number of rotatable bonds is 1. The first-order valence-corrected chi connectivity index (χ1v) is 7.16. The summed E-state index contributed by atoms with van der Waals surface area (Å²) in [4.78, 5) is 16.8. The van der Waals surface area contributed by atoms with Gasteiger partial charge in [0.2, 0.25) is 0 Å². The quantitative estimate of drug-likeness (QED) is 0.805. The van der Waals surface area contributed by atoms with Crippen LogP contribution in [-0.4, -0.2) is 47.9 Å². The van der Waals surface area contributed by atoms with Crippen LogP contribution in [0, 0.1) is 0 Å². The van der Waals surface area contributed by atoms with Gasteiger partial charge in [-0.05, 0) is 55.0 Å². The molecule has 1 saturated heterocycles. The molecule has 5 heteroatoms. The summed E-state index contributed by atoms with van der Waals surface area (Å²) in [5.41, 5.74) is 7.02. The smallest absolute Gasteiger partial charge is 0.255 e. The van der Waals surface area contributed by atoms with Crippen LogP contribution < -0.4 is 5.73 Å². The van der Waals surface area contributed by atoms with Crippen molar-refractivity contribution in [3.8, 4) is 0 Å². The van der Waals surface area contributed by atoms with Crippen molar-refractivity contribution < 1.29 is 4.79 Å². The zero-order valence-corrected chi connectivity index (χ0v) is 13.2. The summed E-state index contributed by atoms with van der Waals surface area (Å²) in [6.07, 6.45) is 0. The maximum absolute atomic E-state index is 12.6. The number of piperazine rings is 1. The number of anilines is 1. The van der Waals surface area contributed by atoms with Crippen molar-refractivity contribution in [3.05, 3.63) is 28.2 Å². The fraction of sp³-hybridized carbons (Fsp3) is 0.500. The fourth-order valence-electron chi connectivity index (χ4n) is 2.29. The highest BCUT2D eigenvalue weighted by Gasteiger charge is 2.33. The van der Waals surface area contributed by atoms with E-state index in [1.54, 1.807) is 12.1 Å². The topological polar surface area (TPSA) is 49.6 Å². The standard InChI is InChI=1S/C14H20BrN3O/c1-14(2)9-18(7-6-17(14)3)13(19)11-8-10(16)4-5-12(11)15/h4-5,8H,6-7,9,16H2,1-3H3. The second-order valence-electron chi connectivity index (χ2n) is 5.70. The van der Waals surface area contributed by atoms with Gasteiger partial charge in [-0.15, -0.1) is 0 Å². The van der Waals surface area contributed by atoms with Crippen LogP contribution in [0.4, 0.5) is 5.69 Å². The zero-order chi connectivity index (χ0) is 14.2. The maximum Gasteiger partial charge on any atom is 0.255 e. The molecule has 1 aliphatic heterocycles. The van der Waals surface area contributed by atoms with Crippen LogP contribution in [0.5, 0.6) is 0 Å². The van der Waals surface area contributed by atoms with E-state index >= 15 is 0 Å². The molecule has 104 valence electrons. The molecule has 1 aliphatic rings. The maximum atomic E-state index is 12.6. The Morgan fingerprint density at radius 1 is 1.37 bits per heavy atom. The van der Waals surface area contributed by atoms with Crippen molar-refractivity contribution in [3.63, 3.8) is 0 Å². The largest absolute Gasteiger partial charge is 0.399 e. The molecule has 0 unspecified atom stereocenters. The number of nitrogens with two attached hydrogens (primary N) is 1. The third-order valence-electron chi connectivity index (χ3n) is 3.82. The van der Waals surface area contributed by atoms with Crippen molar-refractivity contribution in [2.24, 2.45) is 0 Å². The lowest BCUT2D eigenvalue weighted by atomic mass is 9.99. The monoisotopic (exact) mass is 325 g/mol. The molecule has 1 amide bonds. The third kappa shape index (κ3) is 2.92. The average Bonchev–Trinajstić information content (AvgIpc) is 2.35. The molecule has 0 aromatic heterocycles. The number of hydrogen-bond donors (Lipinski definition) is 1. The molecule has 0 radical (unpaired) electrons. The molecule has 19 heavy (non-hydrogen) atoms. The van der Waals surface area contributed by atoms with Crippen LogP contribution in [0.1, 0.15) is 24.2 Å². The molecular formula is C14H20BrN3O. The van der Waals surface area contributed by atoms with Crippen LogP contribution in [0.15, 0.2) is 22.7 Å². The van der Waals surface area contributed by atoms with E-state index in [4.69, 9.17) is 5.73 Å². The summed E-state index contributed by atoms with van der Waals surface area (Å²) in [6, 6.07) is 5.34. The molecule has 0 spiro atoms. The van der Waals surface area contributed by atoms with E-state index in [0.29, 0.717) is 11.3 Å². The van der Waals surface area contributed by atoms with E-state index in [0.717, 1.165) is 24.1 Å². The van der Waals surface area contributed by atoms with E-state index in [1.165, 1.54) is 0 Å². The summed E-state index contributed by atoms with van der Waals surface area (Å²) in [7, 11) is 2.10. The van der Waals surface area contributed by atoms with Gasteiger partial charge in [0.15, 0.2) is 0 Å². The molecule has 4 nitrogen and oxygen atoms in total. The van der Waals surface area contributed by atoms with Crippen LogP contribution >= 0.6 is 15.9 Å². The number of likely N-dealkylation sites (N-methyl/N-ethyl adjacent to an activating group) is 1. The van der Waals surface area contributed by atoms with Gasteiger partial charge >= 0.3 is 0 Å². The number of nitrogens with zero attached hydrogens (tertiary/aromatic N) is 2. The second kappa shape index (κ2) is 5.13. The minimum atomic E-state index is 0.000706. The number of carbonyl (C=O) groups excluding carboxylic acids is 1. The van der Waals surface area contributed by atoms with E-state index in [1.807, 2.05) is 11.0 Å². The Labute approximate surface area is 122 Å². The van der Waals surface area contributed by atoms with Gasteiger partial charge in [0.25, 0.3) is 5.91 Å². The van der Waals surface area contributed by atoms with E-state index in [9.17, 15) is 4.79 Å². The number of halogens is 1. The molecule has 2 N–H and O–H groups in total. The van der Waals surface area contributed by atoms with E-state index < -0.39 is 0 Å². The summed E-state index contributed by atoms with van der Waals surface area (Å²) in [5, 5.41) is 0. The lowest BCUT2D eigenvalue weighted by Gasteiger charge is -2.45. The van der Waals surface area contributed by atoms with Crippen molar-refractivity contribution in [1.82, 2.24) is 9.80 Å². The van der Waals surface area contributed by atoms with Gasteiger partial charge in [0.05, 0.1) is 5.56 Å². The first-order valence-electron chi connectivity index (χ1n) is 6.37. The minimum absolute atomic E-state index is 0.000706. The van der Waals surface area contributed by atoms with Gasteiger partial charge in [-0.1, -0.05) is 0 Å². The number of hydrogen-bond acceptors (Lipinski definition) is 3. The molecular weight excluding hydrogens is 306 g/mol. The van der Waals surface area contributed by atoms with Gasteiger partial charge < -0.3 is 10.6 Å². The van der Waals surface area contributed by atoms with Gasteiger partial charge in [-0.25, -0.2) is 0 Å². The normalized spacial score (nSPS) is 19.5. The van der Waals surface area contributed by atoms with Crippen LogP contribution in [0.25, 0.3) is 0 Å². The summed E-state index contributed by atoms with van der Waals surface area (Å²) in [6.45, 7) is 6.67. The van der Waals surface area contributed by atoms with E-state index in [2.05, 4.69) is 41.7 Å². The first kappa shape index (κ1) is 14.3. The molecule has 1 aromatic rings. The molecule has 0 aliphatic carbocycles. The van der Waals surface area contributed by atoms with Gasteiger partial charge in [-0.3, -0.25) is 9.69 Å². The lowest BCUT2D eigenvalue weighted by Crippen LogP contribution is -2.58. The summed E-state index contributed by atoms with van der Waals surface area (Å²) < 4.78 is 0.795. The third-order valence-corrected chi connectivity index (χ3v) is 4.52. The number of amides is 1. The Bertz CT molecular complexity index is 501. The predicted octanol–water partition coefficient (Wildman–Crippen LogP) is 2.20. The highest BCUT2D eigenvalue weighted by atomic mass is 79.9. The van der Waals surface area contributed by atoms with Crippen molar-refractivity contribution in [2.75, 3.05) is 32.4 Å². The van der Waals surface area contributed by atoms with Crippen molar-refractivity contribution >= 4 is 27.5 Å². The van der Waals surface area contributed by atoms with Gasteiger partial charge in [-0.2, -0.15) is 0 Å². The number of nitrogen functional groups attached to an aromatic ring is 1. The Hall–Kier alpha value is -1.07. The lowest BCUT2D eigenvalue weighted by molar-refractivity contribution is 0.0311. The second-order valence-corrected chi connectivity index (χ2v) is 6.55. The molecule has 1 fully saturated rings. The summed E-state index contributed by atoms with van der Waals surface area (Å²) in [5.74, 6) is 0.0420. The summed E-state index contributed by atoms with van der Waals surface area (Å²) >= 11 is 3.42. The van der Waals surface area contributed by atoms with Crippen LogP contribution in [-0.2, 0) is 0 Å². The number of carbonyl (C=O) groups is 1. The van der Waals surface area contributed by atoms with Crippen LogP contribution in [0.2, 0.25) is 0 Å². The zero-order valence-electron chi connectivity index (χ0n) is 11.6. The van der Waals surface area contributed by atoms with Crippen molar-refractivity contribution in [1.29, 1.82) is 0 Å². The molecule has 0 atom stereocenters.